The van der Waals surface area contributed by atoms with Gasteiger partial charge in [-0.05, 0) is 42.2 Å². The number of hydrogen-bond acceptors (Lipinski definition) is 2. The number of carbonyl (C=O) groups is 1. The van der Waals surface area contributed by atoms with Gasteiger partial charge in [0.05, 0.1) is 0 Å². The molecule has 0 unspecified atom stereocenters. The van der Waals surface area contributed by atoms with Crippen LogP contribution >= 0.6 is 11.8 Å². The number of thioether (sulfide) groups is 1. The number of rotatable bonds is 5. The Bertz CT molecular complexity index is 341. The van der Waals surface area contributed by atoms with E-state index in [4.69, 9.17) is 0 Å². The lowest BCUT2D eigenvalue weighted by Crippen LogP contribution is -2.14. The minimum Gasteiger partial charge on any atom is -0.300 e. The first-order chi connectivity index (χ1) is 8.34. The molecule has 0 atom stereocenters. The molecule has 0 aromatic heterocycles. The summed E-state index contributed by atoms with van der Waals surface area (Å²) in [4.78, 5) is 11.9. The Morgan fingerprint density at radius 1 is 1.18 bits per heavy atom. The number of aryl methyl sites for hydroxylation is 1. The van der Waals surface area contributed by atoms with E-state index < -0.39 is 0 Å². The minimum atomic E-state index is 0.450. The maximum atomic E-state index is 11.9. The predicted octanol–water partition coefficient (Wildman–Crippen LogP) is 3.72. The van der Waals surface area contributed by atoms with Crippen molar-refractivity contribution in [3.63, 3.8) is 0 Å². The van der Waals surface area contributed by atoms with Crippen molar-refractivity contribution in [2.24, 2.45) is 5.92 Å². The molecule has 0 radical (unpaired) electrons. The first kappa shape index (κ1) is 12.7. The summed E-state index contributed by atoms with van der Waals surface area (Å²) in [5.74, 6) is 3.61. The standard InChI is InChI=1S/C15H20OS/c16-15(12-14-8-10-17-11-9-14)7-6-13-4-2-1-3-5-13/h1-5,14H,6-12H2. The van der Waals surface area contributed by atoms with E-state index in [1.165, 1.54) is 29.9 Å². The highest BCUT2D eigenvalue weighted by atomic mass is 32.2. The normalized spacial score (nSPS) is 16.9. The highest BCUT2D eigenvalue weighted by Gasteiger charge is 2.16. The molecule has 1 aromatic carbocycles. The van der Waals surface area contributed by atoms with Crippen molar-refractivity contribution in [2.75, 3.05) is 11.5 Å². The average Bonchev–Trinajstić information content (AvgIpc) is 2.39. The van der Waals surface area contributed by atoms with Gasteiger partial charge in [-0.2, -0.15) is 11.8 Å². The van der Waals surface area contributed by atoms with Crippen LogP contribution in [-0.2, 0) is 11.2 Å². The summed E-state index contributed by atoms with van der Waals surface area (Å²) in [6, 6.07) is 10.3. The third-order valence-corrected chi connectivity index (χ3v) is 4.44. The van der Waals surface area contributed by atoms with Crippen molar-refractivity contribution < 1.29 is 4.79 Å². The minimum absolute atomic E-state index is 0.450. The van der Waals surface area contributed by atoms with Gasteiger partial charge in [-0.1, -0.05) is 30.3 Å². The second-order valence-corrected chi connectivity index (χ2v) is 6.01. The lowest BCUT2D eigenvalue weighted by molar-refractivity contribution is -0.120. The largest absolute Gasteiger partial charge is 0.300 e. The lowest BCUT2D eigenvalue weighted by atomic mass is 9.94. The van der Waals surface area contributed by atoms with Gasteiger partial charge >= 0.3 is 0 Å². The van der Waals surface area contributed by atoms with Crippen molar-refractivity contribution in [1.29, 1.82) is 0 Å². The quantitative estimate of drug-likeness (QED) is 0.790. The Morgan fingerprint density at radius 2 is 1.88 bits per heavy atom. The molecule has 2 heteroatoms. The molecule has 0 spiro atoms. The molecule has 1 aliphatic heterocycles. The number of Topliss-reactive ketones (excluding diaryl/α,β-unsaturated/α-hetero) is 1. The van der Waals surface area contributed by atoms with E-state index >= 15 is 0 Å². The van der Waals surface area contributed by atoms with Crippen LogP contribution in [0.1, 0.15) is 31.2 Å². The van der Waals surface area contributed by atoms with Gasteiger partial charge in [0.25, 0.3) is 0 Å². The van der Waals surface area contributed by atoms with Crippen molar-refractivity contribution in [3.05, 3.63) is 35.9 Å². The van der Waals surface area contributed by atoms with Gasteiger partial charge in [0, 0.05) is 12.8 Å². The van der Waals surface area contributed by atoms with Gasteiger partial charge in [0.2, 0.25) is 0 Å². The smallest absolute Gasteiger partial charge is 0.133 e. The Labute approximate surface area is 108 Å². The summed E-state index contributed by atoms with van der Waals surface area (Å²) in [7, 11) is 0. The fraction of sp³-hybridized carbons (Fsp3) is 0.533. The molecule has 0 amide bonds. The van der Waals surface area contributed by atoms with E-state index in [2.05, 4.69) is 12.1 Å². The van der Waals surface area contributed by atoms with E-state index in [0.29, 0.717) is 18.1 Å². The second-order valence-electron chi connectivity index (χ2n) is 4.78. The predicted molar refractivity (Wildman–Crippen MR) is 74.4 cm³/mol. The average molecular weight is 248 g/mol. The van der Waals surface area contributed by atoms with Gasteiger partial charge in [0.1, 0.15) is 5.78 Å². The van der Waals surface area contributed by atoms with Gasteiger partial charge in [-0.25, -0.2) is 0 Å². The first-order valence-corrected chi connectivity index (χ1v) is 7.63. The number of benzene rings is 1. The zero-order valence-corrected chi connectivity index (χ0v) is 11.0. The Hall–Kier alpha value is -0.760. The van der Waals surface area contributed by atoms with Gasteiger partial charge < -0.3 is 0 Å². The summed E-state index contributed by atoms with van der Waals surface area (Å²) in [5.41, 5.74) is 1.28. The molecule has 2 rings (SSSR count). The molecule has 0 bridgehead atoms. The molecule has 1 saturated heterocycles. The molecule has 1 heterocycles. The third-order valence-electron chi connectivity index (χ3n) is 3.39. The molecule has 0 aliphatic carbocycles. The molecule has 1 nitrogen and oxygen atoms in total. The molecule has 92 valence electrons. The van der Waals surface area contributed by atoms with Crippen molar-refractivity contribution in [2.45, 2.75) is 32.1 Å². The van der Waals surface area contributed by atoms with Gasteiger partial charge in [0.15, 0.2) is 0 Å². The van der Waals surface area contributed by atoms with E-state index in [1.807, 2.05) is 30.0 Å². The molecule has 1 aromatic rings. The second kappa shape index (κ2) is 6.85. The van der Waals surface area contributed by atoms with Crippen molar-refractivity contribution >= 4 is 17.5 Å². The third kappa shape index (κ3) is 4.55. The van der Waals surface area contributed by atoms with Crippen LogP contribution < -0.4 is 0 Å². The molecular weight excluding hydrogens is 228 g/mol. The maximum Gasteiger partial charge on any atom is 0.133 e. The van der Waals surface area contributed by atoms with Crippen LogP contribution in [-0.4, -0.2) is 17.3 Å². The van der Waals surface area contributed by atoms with Crippen LogP contribution in [0.25, 0.3) is 0 Å². The fourth-order valence-electron chi connectivity index (χ4n) is 2.30. The zero-order valence-electron chi connectivity index (χ0n) is 10.2. The number of carbonyl (C=O) groups excluding carboxylic acids is 1. The summed E-state index contributed by atoms with van der Waals surface area (Å²) >= 11 is 2.02. The maximum absolute atomic E-state index is 11.9. The van der Waals surface area contributed by atoms with Crippen LogP contribution in [0.15, 0.2) is 30.3 Å². The Morgan fingerprint density at radius 3 is 2.59 bits per heavy atom. The summed E-state index contributed by atoms with van der Waals surface area (Å²) in [6.07, 6.45) is 4.91. The van der Waals surface area contributed by atoms with Gasteiger partial charge in [-0.3, -0.25) is 4.79 Å². The van der Waals surface area contributed by atoms with Crippen LogP contribution in [0.3, 0.4) is 0 Å². The summed E-state index contributed by atoms with van der Waals surface area (Å²) in [6.45, 7) is 0. The van der Waals surface area contributed by atoms with E-state index in [-0.39, 0.29) is 0 Å². The van der Waals surface area contributed by atoms with E-state index in [1.54, 1.807) is 0 Å². The number of ketones is 1. The lowest BCUT2D eigenvalue weighted by Gasteiger charge is -2.20. The van der Waals surface area contributed by atoms with Gasteiger partial charge in [-0.15, -0.1) is 0 Å². The molecule has 1 fully saturated rings. The molecule has 0 N–H and O–H groups in total. The summed E-state index contributed by atoms with van der Waals surface area (Å²) in [5, 5.41) is 0. The monoisotopic (exact) mass is 248 g/mol. The number of hydrogen-bond donors (Lipinski definition) is 0. The van der Waals surface area contributed by atoms with Crippen LogP contribution in [0.2, 0.25) is 0 Å². The zero-order chi connectivity index (χ0) is 11.9. The topological polar surface area (TPSA) is 17.1 Å². The highest BCUT2D eigenvalue weighted by molar-refractivity contribution is 7.99. The fourth-order valence-corrected chi connectivity index (χ4v) is 3.51. The van der Waals surface area contributed by atoms with Crippen LogP contribution in [0.5, 0.6) is 0 Å². The van der Waals surface area contributed by atoms with E-state index in [9.17, 15) is 4.79 Å². The van der Waals surface area contributed by atoms with Crippen molar-refractivity contribution in [3.8, 4) is 0 Å². The molecule has 1 aliphatic rings. The Kier molecular flexibility index (Phi) is 5.11. The van der Waals surface area contributed by atoms with E-state index in [0.717, 1.165) is 12.8 Å². The Balaban J connectivity index is 1.70. The highest BCUT2D eigenvalue weighted by Crippen LogP contribution is 2.25. The first-order valence-electron chi connectivity index (χ1n) is 6.48. The molecule has 0 saturated carbocycles. The summed E-state index contributed by atoms with van der Waals surface area (Å²) < 4.78 is 0. The van der Waals surface area contributed by atoms with Crippen LogP contribution in [0.4, 0.5) is 0 Å². The molecular formula is C15H20OS. The SMILES string of the molecule is O=C(CCc1ccccc1)CC1CCSCC1. The van der Waals surface area contributed by atoms with Crippen LogP contribution in [0, 0.1) is 5.92 Å². The van der Waals surface area contributed by atoms with Crippen molar-refractivity contribution in [1.82, 2.24) is 0 Å². The molecule has 17 heavy (non-hydrogen) atoms.